The number of nitrogens with one attached hydrogen (secondary N) is 1. The molecule has 2 unspecified atom stereocenters. The maximum Gasteiger partial charge on any atom is 0.215 e. The van der Waals surface area contributed by atoms with E-state index in [0.717, 1.165) is 18.7 Å². The Morgan fingerprint density at radius 1 is 1.48 bits per heavy atom. The highest BCUT2D eigenvalue weighted by molar-refractivity contribution is 5.73. The van der Waals surface area contributed by atoms with Gasteiger partial charge in [0.2, 0.25) is 5.95 Å². The first-order valence-electron chi connectivity index (χ1n) is 7.08. The summed E-state index contributed by atoms with van der Waals surface area (Å²) in [7, 11) is 0. The molecule has 6 heteroatoms. The Labute approximate surface area is 123 Å². The molecule has 0 radical (unpaired) electrons. The standard InChI is InChI=1S/C15H19FN4O/c1-10-5-11(17)9-20(8-10)13-6-14(16)18-7-12(13)19-15-3-2-4-21-15/h2-4,6-7,10-11,19H,5,8-9,17H2,1H3. The minimum Gasteiger partial charge on any atom is -0.449 e. The molecule has 1 aliphatic heterocycles. The molecule has 21 heavy (non-hydrogen) atoms. The summed E-state index contributed by atoms with van der Waals surface area (Å²) in [4.78, 5) is 5.83. The van der Waals surface area contributed by atoms with Crippen LogP contribution in [0.15, 0.2) is 35.1 Å². The molecule has 1 saturated heterocycles. The van der Waals surface area contributed by atoms with Gasteiger partial charge in [-0.1, -0.05) is 6.92 Å². The van der Waals surface area contributed by atoms with E-state index in [1.165, 1.54) is 12.3 Å². The van der Waals surface area contributed by atoms with Crippen LogP contribution in [0.4, 0.5) is 21.6 Å². The molecule has 2 aromatic heterocycles. The summed E-state index contributed by atoms with van der Waals surface area (Å²) in [6.45, 7) is 3.72. The van der Waals surface area contributed by atoms with Gasteiger partial charge in [0, 0.05) is 31.3 Å². The first-order valence-corrected chi connectivity index (χ1v) is 7.08. The monoisotopic (exact) mass is 290 g/mol. The van der Waals surface area contributed by atoms with Crippen LogP contribution < -0.4 is 16.0 Å². The molecule has 0 aliphatic carbocycles. The average molecular weight is 290 g/mol. The third-order valence-corrected chi connectivity index (χ3v) is 3.66. The number of piperidine rings is 1. The van der Waals surface area contributed by atoms with Gasteiger partial charge in [-0.15, -0.1) is 0 Å². The third-order valence-electron chi connectivity index (χ3n) is 3.66. The molecule has 0 bridgehead atoms. The maximum absolute atomic E-state index is 13.6. The number of furan rings is 1. The first-order chi connectivity index (χ1) is 10.1. The summed E-state index contributed by atoms with van der Waals surface area (Å²) in [6, 6.07) is 5.13. The van der Waals surface area contributed by atoms with Gasteiger partial charge in [-0.3, -0.25) is 0 Å². The number of aromatic nitrogens is 1. The summed E-state index contributed by atoms with van der Waals surface area (Å²) < 4.78 is 18.8. The minimum absolute atomic E-state index is 0.0986. The summed E-state index contributed by atoms with van der Waals surface area (Å²) >= 11 is 0. The molecule has 0 spiro atoms. The lowest BCUT2D eigenvalue weighted by Crippen LogP contribution is -2.46. The van der Waals surface area contributed by atoms with Crippen LogP contribution in [0.5, 0.6) is 0 Å². The molecule has 0 amide bonds. The van der Waals surface area contributed by atoms with E-state index in [-0.39, 0.29) is 6.04 Å². The van der Waals surface area contributed by atoms with Gasteiger partial charge in [0.05, 0.1) is 23.8 Å². The fraction of sp³-hybridized carbons (Fsp3) is 0.400. The fourth-order valence-corrected chi connectivity index (χ4v) is 2.86. The van der Waals surface area contributed by atoms with Crippen molar-refractivity contribution < 1.29 is 8.81 Å². The van der Waals surface area contributed by atoms with Crippen LogP contribution in [-0.4, -0.2) is 24.1 Å². The van der Waals surface area contributed by atoms with Crippen LogP contribution in [0.25, 0.3) is 0 Å². The Kier molecular flexibility index (Phi) is 3.79. The largest absolute Gasteiger partial charge is 0.449 e. The molecule has 0 aromatic carbocycles. The zero-order valence-corrected chi connectivity index (χ0v) is 11.9. The zero-order valence-electron chi connectivity index (χ0n) is 11.9. The molecule has 5 nitrogen and oxygen atoms in total. The van der Waals surface area contributed by atoms with Crippen molar-refractivity contribution in [2.24, 2.45) is 11.7 Å². The smallest absolute Gasteiger partial charge is 0.215 e. The van der Waals surface area contributed by atoms with E-state index in [1.807, 2.05) is 0 Å². The van der Waals surface area contributed by atoms with E-state index in [4.69, 9.17) is 10.2 Å². The third kappa shape index (κ3) is 3.16. The Bertz CT molecular complexity index is 592. The molecule has 3 heterocycles. The number of anilines is 3. The van der Waals surface area contributed by atoms with Crippen molar-refractivity contribution in [3.05, 3.63) is 36.6 Å². The van der Waals surface area contributed by atoms with Crippen LogP contribution in [0.3, 0.4) is 0 Å². The van der Waals surface area contributed by atoms with Crippen LogP contribution >= 0.6 is 0 Å². The fourth-order valence-electron chi connectivity index (χ4n) is 2.86. The van der Waals surface area contributed by atoms with Gasteiger partial charge in [-0.05, 0) is 18.4 Å². The van der Waals surface area contributed by atoms with Gasteiger partial charge in [0.25, 0.3) is 0 Å². The number of halogens is 1. The van der Waals surface area contributed by atoms with Crippen LogP contribution in [0.2, 0.25) is 0 Å². The predicted molar refractivity (Wildman–Crippen MR) is 80.2 cm³/mol. The Balaban J connectivity index is 1.90. The normalized spacial score (nSPS) is 22.3. The van der Waals surface area contributed by atoms with Crippen molar-refractivity contribution in [2.75, 3.05) is 23.3 Å². The van der Waals surface area contributed by atoms with E-state index >= 15 is 0 Å². The number of nitrogens with zero attached hydrogens (tertiary/aromatic N) is 2. The second-order valence-corrected chi connectivity index (χ2v) is 5.63. The highest BCUT2D eigenvalue weighted by atomic mass is 19.1. The van der Waals surface area contributed by atoms with Gasteiger partial charge >= 0.3 is 0 Å². The molecular weight excluding hydrogens is 271 g/mol. The maximum atomic E-state index is 13.6. The van der Waals surface area contributed by atoms with E-state index < -0.39 is 5.95 Å². The molecule has 112 valence electrons. The van der Waals surface area contributed by atoms with Gasteiger partial charge in [-0.25, -0.2) is 4.98 Å². The van der Waals surface area contributed by atoms with Crippen LogP contribution in [-0.2, 0) is 0 Å². The molecule has 3 rings (SSSR count). The molecule has 1 aliphatic rings. The number of pyridine rings is 1. The topological polar surface area (TPSA) is 67.3 Å². The van der Waals surface area contributed by atoms with E-state index in [0.29, 0.717) is 24.0 Å². The lowest BCUT2D eigenvalue weighted by molar-refractivity contribution is 0.401. The second-order valence-electron chi connectivity index (χ2n) is 5.63. The average Bonchev–Trinajstić information content (AvgIpc) is 2.92. The Hall–Kier alpha value is -2.08. The summed E-state index contributed by atoms with van der Waals surface area (Å²) in [5, 5.41) is 3.13. The second kappa shape index (κ2) is 5.73. The van der Waals surface area contributed by atoms with Gasteiger partial charge in [0.15, 0.2) is 5.88 Å². The lowest BCUT2D eigenvalue weighted by atomic mass is 9.96. The van der Waals surface area contributed by atoms with E-state index in [2.05, 4.69) is 22.1 Å². The lowest BCUT2D eigenvalue weighted by Gasteiger charge is -2.37. The van der Waals surface area contributed by atoms with Gasteiger partial charge < -0.3 is 20.4 Å². The van der Waals surface area contributed by atoms with E-state index in [1.54, 1.807) is 18.4 Å². The van der Waals surface area contributed by atoms with Crippen molar-refractivity contribution in [1.29, 1.82) is 0 Å². The van der Waals surface area contributed by atoms with Crippen molar-refractivity contribution >= 4 is 17.3 Å². The Morgan fingerprint density at radius 2 is 2.33 bits per heavy atom. The summed E-state index contributed by atoms with van der Waals surface area (Å²) in [5.74, 6) is 0.572. The number of nitrogens with two attached hydrogens (primary N) is 1. The number of hydrogen-bond donors (Lipinski definition) is 2. The quantitative estimate of drug-likeness (QED) is 0.851. The van der Waals surface area contributed by atoms with Gasteiger partial charge in [0.1, 0.15) is 0 Å². The van der Waals surface area contributed by atoms with Crippen molar-refractivity contribution in [3.63, 3.8) is 0 Å². The van der Waals surface area contributed by atoms with E-state index in [9.17, 15) is 4.39 Å². The van der Waals surface area contributed by atoms with Gasteiger partial charge in [-0.2, -0.15) is 4.39 Å². The van der Waals surface area contributed by atoms with Crippen LogP contribution in [0.1, 0.15) is 13.3 Å². The molecule has 3 N–H and O–H groups in total. The SMILES string of the molecule is CC1CC(N)CN(c2cc(F)ncc2Nc2ccco2)C1. The van der Waals surface area contributed by atoms with Crippen molar-refractivity contribution in [3.8, 4) is 0 Å². The summed E-state index contributed by atoms with van der Waals surface area (Å²) in [6.07, 6.45) is 4.06. The van der Waals surface area contributed by atoms with Crippen LogP contribution in [0, 0.1) is 11.9 Å². The number of rotatable bonds is 3. The zero-order chi connectivity index (χ0) is 14.8. The molecule has 0 saturated carbocycles. The first kappa shape index (κ1) is 13.9. The molecule has 1 fully saturated rings. The molecule has 2 atom stereocenters. The summed E-state index contributed by atoms with van der Waals surface area (Å²) in [5.41, 5.74) is 7.57. The minimum atomic E-state index is -0.498. The molecular formula is C15H19FN4O. The van der Waals surface area contributed by atoms with Crippen molar-refractivity contribution in [1.82, 2.24) is 4.98 Å². The van der Waals surface area contributed by atoms with Crippen molar-refractivity contribution in [2.45, 2.75) is 19.4 Å². The number of hydrogen-bond acceptors (Lipinski definition) is 5. The molecule has 2 aromatic rings. The highest BCUT2D eigenvalue weighted by Gasteiger charge is 2.24. The Morgan fingerprint density at radius 3 is 3.05 bits per heavy atom. The highest BCUT2D eigenvalue weighted by Crippen LogP contribution is 2.31. The predicted octanol–water partition coefficient (Wildman–Crippen LogP) is 2.73.